The van der Waals surface area contributed by atoms with Crippen LogP contribution in [0.3, 0.4) is 0 Å². The summed E-state index contributed by atoms with van der Waals surface area (Å²) < 4.78 is 4.14. The Hall–Kier alpha value is -2.29. The van der Waals surface area contributed by atoms with Gasteiger partial charge in [-0.2, -0.15) is 0 Å². The number of carbonyl (C=O) groups excluding carboxylic acids is 1. The molecule has 0 atom stereocenters. The van der Waals surface area contributed by atoms with Gasteiger partial charge in [-0.25, -0.2) is 4.79 Å². The lowest BCUT2D eigenvalue weighted by Gasteiger charge is -1.97. The number of benzene rings is 2. The summed E-state index contributed by atoms with van der Waals surface area (Å²) in [5.41, 5.74) is 0. The molecule has 0 saturated heterocycles. The third kappa shape index (κ3) is 3.65. The van der Waals surface area contributed by atoms with E-state index in [4.69, 9.17) is 0 Å². The molecule has 88 valence electrons. The zero-order valence-corrected chi connectivity index (χ0v) is 9.59. The number of methoxy groups -OCH3 is 1. The zero-order valence-electron chi connectivity index (χ0n) is 9.59. The molecule has 17 heavy (non-hydrogen) atoms. The van der Waals surface area contributed by atoms with Gasteiger partial charge in [0, 0.05) is 11.5 Å². The van der Waals surface area contributed by atoms with E-state index in [9.17, 15) is 9.90 Å². The lowest BCUT2D eigenvalue weighted by atomic mass is 10.1. The first-order valence-corrected chi connectivity index (χ1v) is 5.06. The topological polar surface area (TPSA) is 46.5 Å². The molecule has 0 bridgehead atoms. The Bertz CT molecular complexity index is 512. The summed E-state index contributed by atoms with van der Waals surface area (Å²) >= 11 is 0. The van der Waals surface area contributed by atoms with Crippen LogP contribution in [0.25, 0.3) is 10.8 Å². The predicted octanol–water partition coefficient (Wildman–Crippen LogP) is 2.89. The largest absolute Gasteiger partial charge is 0.507 e. The maximum absolute atomic E-state index is 9.84. The molecular formula is C14H14O3. The third-order valence-corrected chi connectivity index (χ3v) is 2.13. The number of ether oxygens (including phenoxy) is 1. The van der Waals surface area contributed by atoms with E-state index >= 15 is 0 Å². The van der Waals surface area contributed by atoms with E-state index in [1.54, 1.807) is 6.07 Å². The second-order valence-electron chi connectivity index (χ2n) is 3.23. The molecule has 0 aliphatic carbocycles. The van der Waals surface area contributed by atoms with Crippen molar-refractivity contribution in [3.05, 3.63) is 55.1 Å². The van der Waals surface area contributed by atoms with Crippen molar-refractivity contribution in [3.8, 4) is 5.75 Å². The standard InChI is InChI=1S/C10H8O.C4H6O2/c11-10-7-3-5-8-4-1-2-6-9(8)10;1-3-4(5)6-2/h1-7,11H;3H,1H2,2H3. The maximum atomic E-state index is 9.84. The van der Waals surface area contributed by atoms with Crippen LogP contribution in [-0.2, 0) is 9.53 Å². The molecule has 2 aromatic rings. The molecule has 1 N–H and O–H groups in total. The van der Waals surface area contributed by atoms with Crippen LogP contribution < -0.4 is 0 Å². The summed E-state index contributed by atoms with van der Waals surface area (Å²) in [5.74, 6) is -0.0434. The van der Waals surface area contributed by atoms with Crippen molar-refractivity contribution in [1.29, 1.82) is 0 Å². The number of hydrogen-bond donors (Lipinski definition) is 1. The minimum Gasteiger partial charge on any atom is -0.507 e. The molecule has 0 spiro atoms. The molecule has 2 aromatic carbocycles. The predicted molar refractivity (Wildman–Crippen MR) is 67.8 cm³/mol. The first-order valence-electron chi connectivity index (χ1n) is 5.06. The molecule has 2 rings (SSSR count). The minimum atomic E-state index is -0.394. The number of aromatic hydroxyl groups is 1. The first kappa shape index (κ1) is 12.8. The highest BCUT2D eigenvalue weighted by atomic mass is 16.5. The fraction of sp³-hybridized carbons (Fsp3) is 0.0714. The van der Waals surface area contributed by atoms with Gasteiger partial charge in [0.15, 0.2) is 0 Å². The van der Waals surface area contributed by atoms with E-state index < -0.39 is 5.97 Å². The van der Waals surface area contributed by atoms with Crippen LogP contribution in [0.4, 0.5) is 0 Å². The Balaban J connectivity index is 0.000000209. The summed E-state index contributed by atoms with van der Waals surface area (Å²) in [6.45, 7) is 3.16. The van der Waals surface area contributed by atoms with Gasteiger partial charge in [0.1, 0.15) is 5.75 Å². The number of hydrogen-bond acceptors (Lipinski definition) is 3. The Morgan fingerprint density at radius 3 is 2.41 bits per heavy atom. The van der Waals surface area contributed by atoms with Crippen LogP contribution >= 0.6 is 0 Å². The molecule has 0 fully saturated rings. The van der Waals surface area contributed by atoms with E-state index in [0.717, 1.165) is 16.8 Å². The van der Waals surface area contributed by atoms with Crippen LogP contribution in [0.2, 0.25) is 0 Å². The van der Waals surface area contributed by atoms with Crippen molar-refractivity contribution < 1.29 is 14.6 Å². The Morgan fingerprint density at radius 2 is 1.88 bits per heavy atom. The van der Waals surface area contributed by atoms with Crippen molar-refractivity contribution in [2.24, 2.45) is 0 Å². The zero-order chi connectivity index (χ0) is 12.7. The second-order valence-corrected chi connectivity index (χ2v) is 3.23. The SMILES string of the molecule is C=CC(=O)OC.Oc1cccc2ccccc12. The third-order valence-electron chi connectivity index (χ3n) is 2.13. The lowest BCUT2D eigenvalue weighted by molar-refractivity contribution is -0.134. The van der Waals surface area contributed by atoms with Crippen molar-refractivity contribution in [3.63, 3.8) is 0 Å². The van der Waals surface area contributed by atoms with Crippen molar-refractivity contribution in [1.82, 2.24) is 0 Å². The van der Waals surface area contributed by atoms with Crippen LogP contribution in [0.5, 0.6) is 5.75 Å². The highest BCUT2D eigenvalue weighted by molar-refractivity contribution is 5.87. The van der Waals surface area contributed by atoms with Gasteiger partial charge in [-0.1, -0.05) is 43.0 Å². The van der Waals surface area contributed by atoms with Gasteiger partial charge in [0.05, 0.1) is 7.11 Å². The molecule has 3 heteroatoms. The van der Waals surface area contributed by atoms with Gasteiger partial charge in [-0.3, -0.25) is 0 Å². The summed E-state index contributed by atoms with van der Waals surface area (Å²) in [4.78, 5) is 9.84. The van der Waals surface area contributed by atoms with E-state index in [0.29, 0.717) is 5.75 Å². The number of phenols is 1. The summed E-state index contributed by atoms with van der Waals surface area (Å²) in [7, 11) is 1.31. The number of carbonyl (C=O) groups is 1. The van der Waals surface area contributed by atoms with Gasteiger partial charge >= 0.3 is 5.97 Å². The molecular weight excluding hydrogens is 216 g/mol. The number of esters is 1. The first-order chi connectivity index (χ1) is 8.19. The van der Waals surface area contributed by atoms with Gasteiger partial charge in [0.25, 0.3) is 0 Å². The van der Waals surface area contributed by atoms with Crippen molar-refractivity contribution in [2.45, 2.75) is 0 Å². The number of fused-ring (bicyclic) bond motifs is 1. The van der Waals surface area contributed by atoms with E-state index in [1.807, 2.05) is 36.4 Å². The summed E-state index contributed by atoms with van der Waals surface area (Å²) in [6, 6.07) is 13.3. The van der Waals surface area contributed by atoms with Crippen LogP contribution in [0.1, 0.15) is 0 Å². The van der Waals surface area contributed by atoms with Crippen molar-refractivity contribution in [2.75, 3.05) is 7.11 Å². The maximum Gasteiger partial charge on any atom is 0.329 e. The van der Waals surface area contributed by atoms with Crippen LogP contribution in [0.15, 0.2) is 55.1 Å². The molecule has 0 aliphatic rings. The fourth-order valence-electron chi connectivity index (χ4n) is 1.29. The van der Waals surface area contributed by atoms with Crippen LogP contribution in [-0.4, -0.2) is 18.2 Å². The van der Waals surface area contributed by atoms with Gasteiger partial charge < -0.3 is 9.84 Å². The van der Waals surface area contributed by atoms with E-state index in [1.165, 1.54) is 7.11 Å². The van der Waals surface area contributed by atoms with Crippen LogP contribution in [0, 0.1) is 0 Å². The van der Waals surface area contributed by atoms with Gasteiger partial charge in [0.2, 0.25) is 0 Å². The van der Waals surface area contributed by atoms with Gasteiger partial charge in [-0.15, -0.1) is 0 Å². The molecule has 0 aliphatic heterocycles. The van der Waals surface area contributed by atoms with E-state index in [-0.39, 0.29) is 0 Å². The minimum absolute atomic E-state index is 0.350. The fourth-order valence-corrected chi connectivity index (χ4v) is 1.29. The smallest absolute Gasteiger partial charge is 0.329 e. The number of rotatable bonds is 1. The monoisotopic (exact) mass is 230 g/mol. The summed E-state index contributed by atoms with van der Waals surface area (Å²) in [5, 5.41) is 11.4. The molecule has 0 heterocycles. The molecule has 0 radical (unpaired) electrons. The molecule has 0 aromatic heterocycles. The van der Waals surface area contributed by atoms with Crippen molar-refractivity contribution >= 4 is 16.7 Å². The molecule has 3 nitrogen and oxygen atoms in total. The highest BCUT2D eigenvalue weighted by Crippen LogP contribution is 2.22. The Kier molecular flexibility index (Phi) is 4.76. The van der Waals surface area contributed by atoms with E-state index in [2.05, 4.69) is 11.3 Å². The quantitative estimate of drug-likeness (QED) is 0.605. The summed E-state index contributed by atoms with van der Waals surface area (Å²) in [6.07, 6.45) is 1.11. The van der Waals surface area contributed by atoms with Gasteiger partial charge in [-0.05, 0) is 11.5 Å². The average Bonchev–Trinajstić information content (AvgIpc) is 2.39. The average molecular weight is 230 g/mol. The second kappa shape index (κ2) is 6.33. The lowest BCUT2D eigenvalue weighted by Crippen LogP contribution is -1.91. The normalized spacial score (nSPS) is 9.00. The molecule has 0 saturated carbocycles. The molecule has 0 unspecified atom stereocenters. The molecule has 0 amide bonds. The Labute approximate surface area is 100.0 Å². The Morgan fingerprint density at radius 1 is 1.24 bits per heavy atom. The highest BCUT2D eigenvalue weighted by Gasteiger charge is 1.94. The number of phenolic OH excluding ortho intramolecular Hbond substituents is 1.